The zero-order valence-corrected chi connectivity index (χ0v) is 10.6. The van der Waals surface area contributed by atoms with Crippen LogP contribution in [0, 0.1) is 0 Å². The van der Waals surface area contributed by atoms with E-state index in [1.54, 1.807) is 0 Å². The summed E-state index contributed by atoms with van der Waals surface area (Å²) < 4.78 is 5.92. The fourth-order valence-electron chi connectivity index (χ4n) is 2.87. The summed E-state index contributed by atoms with van der Waals surface area (Å²) in [5.74, 6) is 1.18. The molecule has 1 aromatic rings. The summed E-state index contributed by atoms with van der Waals surface area (Å²) in [6.45, 7) is 1.81. The van der Waals surface area contributed by atoms with Crippen molar-refractivity contribution < 1.29 is 9.53 Å². The number of benzene rings is 1. The Labute approximate surface area is 108 Å². The molecule has 1 saturated heterocycles. The van der Waals surface area contributed by atoms with Crippen molar-refractivity contribution in [1.29, 1.82) is 0 Å². The molecular weight excluding hydrogens is 226 g/mol. The number of nitrogens with one attached hydrogen (secondary N) is 1. The Morgan fingerprint density at radius 1 is 1.28 bits per heavy atom. The predicted molar refractivity (Wildman–Crippen MR) is 70.2 cm³/mol. The van der Waals surface area contributed by atoms with Crippen LogP contribution in [0.15, 0.2) is 18.2 Å². The number of carbonyl (C=O) groups excluding carboxylic acids is 1. The number of Topliss-reactive ketones (excluding diaryl/α,β-unsaturated/α-hetero) is 1. The first-order chi connectivity index (χ1) is 8.84. The first-order valence-electron chi connectivity index (χ1n) is 6.86. The van der Waals surface area contributed by atoms with Gasteiger partial charge in [-0.15, -0.1) is 0 Å². The van der Waals surface area contributed by atoms with Crippen molar-refractivity contribution in [3.8, 4) is 5.75 Å². The lowest BCUT2D eigenvalue weighted by atomic mass is 9.90. The van der Waals surface area contributed by atoms with Gasteiger partial charge in [-0.1, -0.05) is 12.1 Å². The molecule has 1 aromatic carbocycles. The molecule has 18 heavy (non-hydrogen) atoms. The van der Waals surface area contributed by atoms with E-state index in [0.717, 1.165) is 36.3 Å². The zero-order valence-electron chi connectivity index (χ0n) is 10.6. The minimum atomic E-state index is 0.265. The van der Waals surface area contributed by atoms with E-state index in [4.69, 9.17) is 4.74 Å². The van der Waals surface area contributed by atoms with Crippen LogP contribution < -0.4 is 10.1 Å². The van der Waals surface area contributed by atoms with Gasteiger partial charge >= 0.3 is 0 Å². The summed E-state index contributed by atoms with van der Waals surface area (Å²) in [6, 6.07) is 6.32. The highest BCUT2D eigenvalue weighted by molar-refractivity contribution is 5.99. The Kier molecular flexibility index (Phi) is 3.33. The summed E-state index contributed by atoms with van der Waals surface area (Å²) in [5.41, 5.74) is 1.99. The van der Waals surface area contributed by atoms with Crippen molar-refractivity contribution in [3.63, 3.8) is 0 Å². The van der Waals surface area contributed by atoms with Gasteiger partial charge in [0, 0.05) is 23.6 Å². The third-order valence-electron chi connectivity index (χ3n) is 3.87. The van der Waals surface area contributed by atoms with E-state index >= 15 is 0 Å². The maximum absolute atomic E-state index is 11.8. The Morgan fingerprint density at radius 2 is 2.22 bits per heavy atom. The van der Waals surface area contributed by atoms with Gasteiger partial charge in [-0.3, -0.25) is 4.79 Å². The Hall–Kier alpha value is -1.35. The summed E-state index contributed by atoms with van der Waals surface area (Å²) in [7, 11) is 0. The molecular formula is C15H19NO2. The molecule has 0 saturated carbocycles. The monoisotopic (exact) mass is 245 g/mol. The number of fused-ring (bicyclic) bond motifs is 1. The Morgan fingerprint density at radius 3 is 3.06 bits per heavy atom. The van der Waals surface area contributed by atoms with Crippen LogP contribution in [0.4, 0.5) is 0 Å². The van der Waals surface area contributed by atoms with Crippen molar-refractivity contribution >= 4 is 5.78 Å². The molecule has 0 bridgehead atoms. The van der Waals surface area contributed by atoms with Crippen molar-refractivity contribution in [2.45, 2.75) is 38.1 Å². The normalized spacial score (nSPS) is 22.9. The number of rotatable bonds is 3. The summed E-state index contributed by atoms with van der Waals surface area (Å²) in [5, 5.41) is 3.42. The van der Waals surface area contributed by atoms with Crippen LogP contribution in [-0.4, -0.2) is 25.0 Å². The van der Waals surface area contributed by atoms with Gasteiger partial charge in [0.25, 0.3) is 0 Å². The maximum Gasteiger partial charge on any atom is 0.163 e. The molecule has 1 N–H and O–H groups in total. The molecule has 1 aliphatic carbocycles. The van der Waals surface area contributed by atoms with E-state index in [1.807, 2.05) is 18.2 Å². The average molecular weight is 245 g/mol. The standard InChI is InChI=1S/C15H19NO2/c17-14-7-1-6-13-12(14)5-2-8-15(13)18-10-11-4-3-9-16-11/h2,5,8,11,16H,1,3-4,6-7,9-10H2. The van der Waals surface area contributed by atoms with E-state index in [1.165, 1.54) is 12.8 Å². The van der Waals surface area contributed by atoms with Crippen LogP contribution in [0.1, 0.15) is 41.6 Å². The fraction of sp³-hybridized carbons (Fsp3) is 0.533. The van der Waals surface area contributed by atoms with E-state index in [-0.39, 0.29) is 5.78 Å². The van der Waals surface area contributed by atoms with Crippen LogP contribution in [0.5, 0.6) is 5.75 Å². The number of hydrogen-bond donors (Lipinski definition) is 1. The molecule has 3 rings (SSSR count). The second kappa shape index (κ2) is 5.11. The summed E-state index contributed by atoms with van der Waals surface area (Å²) in [4.78, 5) is 11.8. The second-order valence-corrected chi connectivity index (χ2v) is 5.16. The van der Waals surface area contributed by atoms with E-state index < -0.39 is 0 Å². The van der Waals surface area contributed by atoms with Crippen LogP contribution in [0.25, 0.3) is 0 Å². The number of hydrogen-bond acceptors (Lipinski definition) is 3. The van der Waals surface area contributed by atoms with Crippen LogP contribution >= 0.6 is 0 Å². The highest BCUT2D eigenvalue weighted by Gasteiger charge is 2.21. The molecule has 3 nitrogen and oxygen atoms in total. The Balaban J connectivity index is 1.75. The quantitative estimate of drug-likeness (QED) is 0.888. The molecule has 0 amide bonds. The minimum absolute atomic E-state index is 0.265. The lowest BCUT2D eigenvalue weighted by molar-refractivity contribution is 0.0971. The molecule has 0 spiro atoms. The highest BCUT2D eigenvalue weighted by atomic mass is 16.5. The molecule has 1 fully saturated rings. The molecule has 1 heterocycles. The van der Waals surface area contributed by atoms with Gasteiger partial charge < -0.3 is 10.1 Å². The molecule has 96 valence electrons. The number of ketones is 1. The van der Waals surface area contributed by atoms with E-state index in [2.05, 4.69) is 5.32 Å². The molecule has 0 radical (unpaired) electrons. The van der Waals surface area contributed by atoms with Gasteiger partial charge in [0.15, 0.2) is 5.78 Å². The fourth-order valence-corrected chi connectivity index (χ4v) is 2.87. The highest BCUT2D eigenvalue weighted by Crippen LogP contribution is 2.29. The third kappa shape index (κ3) is 2.27. The molecule has 1 unspecified atom stereocenters. The van der Waals surface area contributed by atoms with Gasteiger partial charge in [0.2, 0.25) is 0 Å². The molecule has 1 atom stereocenters. The predicted octanol–water partition coefficient (Wildman–Crippen LogP) is 2.34. The van der Waals surface area contributed by atoms with E-state index in [0.29, 0.717) is 19.1 Å². The zero-order chi connectivity index (χ0) is 12.4. The third-order valence-corrected chi connectivity index (χ3v) is 3.87. The van der Waals surface area contributed by atoms with Crippen molar-refractivity contribution in [3.05, 3.63) is 29.3 Å². The van der Waals surface area contributed by atoms with E-state index in [9.17, 15) is 4.79 Å². The van der Waals surface area contributed by atoms with Crippen LogP contribution in [0.2, 0.25) is 0 Å². The number of carbonyl (C=O) groups is 1. The first-order valence-corrected chi connectivity index (χ1v) is 6.86. The molecule has 1 aliphatic heterocycles. The summed E-state index contributed by atoms with van der Waals surface area (Å²) in [6.07, 6.45) is 5.03. The lowest BCUT2D eigenvalue weighted by Crippen LogP contribution is -2.28. The average Bonchev–Trinajstić information content (AvgIpc) is 2.90. The molecule has 0 aromatic heterocycles. The van der Waals surface area contributed by atoms with Crippen molar-refractivity contribution in [2.75, 3.05) is 13.2 Å². The van der Waals surface area contributed by atoms with Gasteiger partial charge in [0.1, 0.15) is 12.4 Å². The molecule has 3 heteroatoms. The first kappa shape index (κ1) is 11.7. The van der Waals surface area contributed by atoms with Gasteiger partial charge in [-0.25, -0.2) is 0 Å². The van der Waals surface area contributed by atoms with Gasteiger partial charge in [-0.2, -0.15) is 0 Å². The summed E-state index contributed by atoms with van der Waals surface area (Å²) >= 11 is 0. The maximum atomic E-state index is 11.8. The Bertz CT molecular complexity index is 450. The van der Waals surface area contributed by atoms with Crippen LogP contribution in [0.3, 0.4) is 0 Å². The lowest BCUT2D eigenvalue weighted by Gasteiger charge is -2.20. The van der Waals surface area contributed by atoms with Crippen molar-refractivity contribution in [1.82, 2.24) is 5.32 Å². The van der Waals surface area contributed by atoms with Gasteiger partial charge in [0.05, 0.1) is 0 Å². The van der Waals surface area contributed by atoms with Crippen LogP contribution in [-0.2, 0) is 6.42 Å². The number of ether oxygens (including phenoxy) is 1. The molecule has 2 aliphatic rings. The largest absolute Gasteiger partial charge is 0.492 e. The topological polar surface area (TPSA) is 38.3 Å². The minimum Gasteiger partial charge on any atom is -0.492 e. The van der Waals surface area contributed by atoms with Gasteiger partial charge in [-0.05, 0) is 38.3 Å². The smallest absolute Gasteiger partial charge is 0.163 e. The SMILES string of the molecule is O=C1CCCc2c(OCC3CCCN3)cccc21. The second-order valence-electron chi connectivity index (χ2n) is 5.16. The van der Waals surface area contributed by atoms with Crippen molar-refractivity contribution in [2.24, 2.45) is 0 Å².